The van der Waals surface area contributed by atoms with E-state index in [1.165, 1.54) is 11.1 Å². The van der Waals surface area contributed by atoms with Crippen molar-refractivity contribution in [3.8, 4) is 5.75 Å². The molecule has 1 N–H and O–H groups in total. The number of rotatable bonds is 6. The average Bonchev–Trinajstić information content (AvgIpc) is 2.46. The first-order valence-electron chi connectivity index (χ1n) is 6.45. The number of benzene rings is 2. The monoisotopic (exact) mass is 319 g/mol. The third-order valence-corrected chi connectivity index (χ3v) is 3.35. The Balaban J connectivity index is 1.87. The molecule has 0 radical (unpaired) electrons. The lowest BCUT2D eigenvalue weighted by molar-refractivity contribution is 0.306. The van der Waals surface area contributed by atoms with Crippen molar-refractivity contribution >= 4 is 15.9 Å². The van der Waals surface area contributed by atoms with E-state index in [4.69, 9.17) is 4.74 Å². The van der Waals surface area contributed by atoms with Crippen molar-refractivity contribution in [2.45, 2.75) is 20.1 Å². The molecule has 0 aliphatic heterocycles. The van der Waals surface area contributed by atoms with Crippen molar-refractivity contribution in [3.05, 3.63) is 64.1 Å². The standard InChI is InChI=1S/C16H18BrNO/c1-2-18-11-13-3-5-14(6-4-13)12-19-16-9-7-15(17)8-10-16/h3-10,18H,2,11-12H2,1H3. The maximum absolute atomic E-state index is 5.73. The van der Waals surface area contributed by atoms with Crippen LogP contribution in [-0.2, 0) is 13.2 Å². The minimum absolute atomic E-state index is 0.600. The average molecular weight is 320 g/mol. The Labute approximate surface area is 122 Å². The molecule has 0 aliphatic carbocycles. The van der Waals surface area contributed by atoms with E-state index in [-0.39, 0.29) is 0 Å². The normalized spacial score (nSPS) is 10.4. The van der Waals surface area contributed by atoms with Gasteiger partial charge in [-0.15, -0.1) is 0 Å². The molecule has 19 heavy (non-hydrogen) atoms. The van der Waals surface area contributed by atoms with Gasteiger partial charge in [0.2, 0.25) is 0 Å². The summed E-state index contributed by atoms with van der Waals surface area (Å²) in [6.07, 6.45) is 0. The molecule has 2 aromatic rings. The van der Waals surface area contributed by atoms with E-state index in [0.29, 0.717) is 6.61 Å². The molecule has 0 aromatic heterocycles. The number of hydrogen-bond donors (Lipinski definition) is 1. The van der Waals surface area contributed by atoms with E-state index in [0.717, 1.165) is 23.3 Å². The zero-order valence-electron chi connectivity index (χ0n) is 11.0. The van der Waals surface area contributed by atoms with E-state index in [1.807, 2.05) is 24.3 Å². The highest BCUT2D eigenvalue weighted by Gasteiger charge is 1.97. The fourth-order valence-corrected chi connectivity index (χ4v) is 1.98. The lowest BCUT2D eigenvalue weighted by Gasteiger charge is -2.07. The van der Waals surface area contributed by atoms with Gasteiger partial charge in [-0.3, -0.25) is 0 Å². The SMILES string of the molecule is CCNCc1ccc(COc2ccc(Br)cc2)cc1. The Kier molecular flexibility index (Phi) is 5.43. The topological polar surface area (TPSA) is 21.3 Å². The molecule has 0 fully saturated rings. The van der Waals surface area contributed by atoms with E-state index in [9.17, 15) is 0 Å². The smallest absolute Gasteiger partial charge is 0.119 e. The van der Waals surface area contributed by atoms with Gasteiger partial charge in [0.15, 0.2) is 0 Å². The first-order chi connectivity index (χ1) is 9.28. The summed E-state index contributed by atoms with van der Waals surface area (Å²) < 4.78 is 6.79. The number of nitrogens with one attached hydrogen (secondary N) is 1. The molecule has 0 saturated carbocycles. The fourth-order valence-electron chi connectivity index (χ4n) is 1.72. The molecule has 0 spiro atoms. The summed E-state index contributed by atoms with van der Waals surface area (Å²) in [4.78, 5) is 0. The number of hydrogen-bond acceptors (Lipinski definition) is 2. The maximum Gasteiger partial charge on any atom is 0.119 e. The second kappa shape index (κ2) is 7.31. The summed E-state index contributed by atoms with van der Waals surface area (Å²) in [6.45, 7) is 4.63. The highest BCUT2D eigenvalue weighted by molar-refractivity contribution is 9.10. The molecule has 2 aromatic carbocycles. The maximum atomic E-state index is 5.73. The Bertz CT molecular complexity index is 493. The van der Waals surface area contributed by atoms with Crippen LogP contribution in [0.3, 0.4) is 0 Å². The van der Waals surface area contributed by atoms with Gasteiger partial charge in [0.05, 0.1) is 0 Å². The molecule has 2 nitrogen and oxygen atoms in total. The quantitative estimate of drug-likeness (QED) is 0.864. The first-order valence-corrected chi connectivity index (χ1v) is 7.24. The van der Waals surface area contributed by atoms with Gasteiger partial charge in [0.1, 0.15) is 12.4 Å². The van der Waals surface area contributed by atoms with E-state index < -0.39 is 0 Å². The van der Waals surface area contributed by atoms with Crippen LogP contribution in [0.5, 0.6) is 5.75 Å². The third kappa shape index (κ3) is 4.69. The lowest BCUT2D eigenvalue weighted by Crippen LogP contribution is -2.11. The second-order valence-electron chi connectivity index (χ2n) is 4.34. The van der Waals surface area contributed by atoms with Gasteiger partial charge in [0.25, 0.3) is 0 Å². The summed E-state index contributed by atoms with van der Waals surface area (Å²) in [5.74, 6) is 0.889. The van der Waals surface area contributed by atoms with Gasteiger partial charge in [0, 0.05) is 11.0 Å². The molecular weight excluding hydrogens is 302 g/mol. The molecule has 3 heteroatoms. The summed E-state index contributed by atoms with van der Waals surface area (Å²) in [7, 11) is 0. The van der Waals surface area contributed by atoms with Crippen LogP contribution in [0.4, 0.5) is 0 Å². The van der Waals surface area contributed by atoms with Crippen LogP contribution in [-0.4, -0.2) is 6.54 Å². The third-order valence-electron chi connectivity index (χ3n) is 2.82. The van der Waals surface area contributed by atoms with Gasteiger partial charge in [-0.2, -0.15) is 0 Å². The zero-order valence-corrected chi connectivity index (χ0v) is 12.6. The summed E-state index contributed by atoms with van der Waals surface area (Å²) in [6, 6.07) is 16.4. The van der Waals surface area contributed by atoms with Crippen LogP contribution in [0.1, 0.15) is 18.1 Å². The molecular formula is C16H18BrNO. The van der Waals surface area contributed by atoms with Crippen LogP contribution in [0, 0.1) is 0 Å². The second-order valence-corrected chi connectivity index (χ2v) is 5.26. The molecule has 100 valence electrons. The highest BCUT2D eigenvalue weighted by atomic mass is 79.9. The molecule has 0 atom stereocenters. The van der Waals surface area contributed by atoms with Crippen molar-refractivity contribution in [1.29, 1.82) is 0 Å². The van der Waals surface area contributed by atoms with Crippen molar-refractivity contribution < 1.29 is 4.74 Å². The predicted molar refractivity (Wildman–Crippen MR) is 82.3 cm³/mol. The largest absolute Gasteiger partial charge is 0.489 e. The molecule has 0 bridgehead atoms. The Morgan fingerprint density at radius 2 is 1.58 bits per heavy atom. The highest BCUT2D eigenvalue weighted by Crippen LogP contribution is 2.17. The molecule has 0 aliphatic rings. The molecule has 0 saturated heterocycles. The van der Waals surface area contributed by atoms with Crippen molar-refractivity contribution in [3.63, 3.8) is 0 Å². The fraction of sp³-hybridized carbons (Fsp3) is 0.250. The van der Waals surface area contributed by atoms with Crippen LogP contribution in [0.15, 0.2) is 53.0 Å². The Morgan fingerprint density at radius 3 is 2.21 bits per heavy atom. The summed E-state index contributed by atoms with van der Waals surface area (Å²) in [5, 5.41) is 3.31. The molecule has 0 unspecified atom stereocenters. The van der Waals surface area contributed by atoms with Crippen LogP contribution in [0.25, 0.3) is 0 Å². The van der Waals surface area contributed by atoms with Gasteiger partial charge >= 0.3 is 0 Å². The minimum atomic E-state index is 0.600. The van der Waals surface area contributed by atoms with Gasteiger partial charge in [-0.05, 0) is 41.9 Å². The van der Waals surface area contributed by atoms with Crippen LogP contribution < -0.4 is 10.1 Å². The lowest BCUT2D eigenvalue weighted by atomic mass is 10.1. The van der Waals surface area contributed by atoms with E-state index in [2.05, 4.69) is 52.4 Å². The molecule has 0 amide bonds. The van der Waals surface area contributed by atoms with Gasteiger partial charge in [-0.1, -0.05) is 47.1 Å². The number of halogens is 1. The minimum Gasteiger partial charge on any atom is -0.489 e. The van der Waals surface area contributed by atoms with E-state index >= 15 is 0 Å². The molecule has 2 rings (SSSR count). The van der Waals surface area contributed by atoms with Crippen LogP contribution >= 0.6 is 15.9 Å². The molecule has 0 heterocycles. The number of ether oxygens (including phenoxy) is 1. The van der Waals surface area contributed by atoms with Crippen molar-refractivity contribution in [1.82, 2.24) is 5.32 Å². The first kappa shape index (κ1) is 14.1. The Hall–Kier alpha value is -1.32. The zero-order chi connectivity index (χ0) is 13.5. The van der Waals surface area contributed by atoms with Gasteiger partial charge in [-0.25, -0.2) is 0 Å². The van der Waals surface area contributed by atoms with Gasteiger partial charge < -0.3 is 10.1 Å². The van der Waals surface area contributed by atoms with Crippen molar-refractivity contribution in [2.24, 2.45) is 0 Å². The summed E-state index contributed by atoms with van der Waals surface area (Å²) >= 11 is 3.41. The van der Waals surface area contributed by atoms with E-state index in [1.54, 1.807) is 0 Å². The van der Waals surface area contributed by atoms with Crippen LogP contribution in [0.2, 0.25) is 0 Å². The Morgan fingerprint density at radius 1 is 0.947 bits per heavy atom. The van der Waals surface area contributed by atoms with Crippen molar-refractivity contribution in [2.75, 3.05) is 6.54 Å². The summed E-state index contributed by atoms with van der Waals surface area (Å²) in [5.41, 5.74) is 2.48. The predicted octanol–water partition coefficient (Wildman–Crippen LogP) is 4.14.